The van der Waals surface area contributed by atoms with Crippen LogP contribution in [0.2, 0.25) is 0 Å². The lowest BCUT2D eigenvalue weighted by Gasteiger charge is -2.07. The summed E-state index contributed by atoms with van der Waals surface area (Å²) in [6, 6.07) is 11.3. The van der Waals surface area contributed by atoms with Crippen LogP contribution < -0.4 is 10.5 Å². The monoisotopic (exact) mass is 364 g/mol. The molecule has 0 radical (unpaired) electrons. The van der Waals surface area contributed by atoms with Gasteiger partial charge in [0, 0.05) is 6.54 Å². The van der Waals surface area contributed by atoms with E-state index >= 15 is 0 Å². The molecule has 132 valence electrons. The van der Waals surface area contributed by atoms with Gasteiger partial charge in [0.15, 0.2) is 6.61 Å². The molecule has 2 aromatic rings. The Morgan fingerprint density at radius 3 is 2.40 bits per heavy atom. The van der Waals surface area contributed by atoms with Gasteiger partial charge in [-0.25, -0.2) is 18.4 Å². The van der Waals surface area contributed by atoms with Crippen molar-refractivity contribution >= 4 is 21.9 Å². The molecule has 0 saturated carbocycles. The first-order valence-electron chi connectivity index (χ1n) is 7.10. The van der Waals surface area contributed by atoms with Crippen LogP contribution in [0.3, 0.4) is 0 Å². The Labute approximate surface area is 144 Å². The molecular weight excluding hydrogens is 348 g/mol. The average Bonchev–Trinajstić information content (AvgIpc) is 2.57. The molecule has 0 spiro atoms. The standard InChI is InChI=1S/C16H16N2O6S/c17-25(22,23)14-6-4-11(5-7-14)9-18-15(20)10-24-16(21)12-2-1-3-13(19)8-12/h1-8,19H,9-10H2,(H,18,20)(H2,17,22,23). The number of nitrogens with two attached hydrogens (primary N) is 1. The second kappa shape index (κ2) is 7.77. The molecule has 4 N–H and O–H groups in total. The number of amides is 1. The van der Waals surface area contributed by atoms with Crippen LogP contribution in [0.15, 0.2) is 53.4 Å². The van der Waals surface area contributed by atoms with E-state index in [0.29, 0.717) is 5.56 Å². The molecule has 0 fully saturated rings. The molecule has 0 atom stereocenters. The highest BCUT2D eigenvalue weighted by atomic mass is 32.2. The topological polar surface area (TPSA) is 136 Å². The lowest BCUT2D eigenvalue weighted by molar-refractivity contribution is -0.124. The molecule has 0 bridgehead atoms. The van der Waals surface area contributed by atoms with Gasteiger partial charge in [0.1, 0.15) is 5.75 Å². The summed E-state index contributed by atoms with van der Waals surface area (Å²) in [5, 5.41) is 16.8. The number of primary sulfonamides is 1. The molecule has 0 aliphatic rings. The van der Waals surface area contributed by atoms with Crippen LogP contribution in [-0.4, -0.2) is 32.0 Å². The van der Waals surface area contributed by atoms with Crippen LogP contribution in [0.5, 0.6) is 5.75 Å². The smallest absolute Gasteiger partial charge is 0.338 e. The maximum absolute atomic E-state index is 11.7. The maximum Gasteiger partial charge on any atom is 0.338 e. The molecule has 9 heteroatoms. The number of nitrogens with one attached hydrogen (secondary N) is 1. The minimum absolute atomic E-state index is 0.0254. The van der Waals surface area contributed by atoms with E-state index in [9.17, 15) is 23.1 Å². The van der Waals surface area contributed by atoms with Crippen LogP contribution in [0.1, 0.15) is 15.9 Å². The van der Waals surface area contributed by atoms with Gasteiger partial charge in [0.25, 0.3) is 5.91 Å². The van der Waals surface area contributed by atoms with Gasteiger partial charge in [0.2, 0.25) is 10.0 Å². The largest absolute Gasteiger partial charge is 0.508 e. The predicted molar refractivity (Wildman–Crippen MR) is 88.1 cm³/mol. The Morgan fingerprint density at radius 1 is 1.12 bits per heavy atom. The van der Waals surface area contributed by atoms with E-state index in [1.165, 1.54) is 48.5 Å². The van der Waals surface area contributed by atoms with Crippen molar-refractivity contribution in [1.29, 1.82) is 0 Å². The van der Waals surface area contributed by atoms with Gasteiger partial charge in [-0.1, -0.05) is 18.2 Å². The van der Waals surface area contributed by atoms with E-state index in [0.717, 1.165) is 0 Å². The number of hydrogen-bond donors (Lipinski definition) is 3. The summed E-state index contributed by atoms with van der Waals surface area (Å²) in [7, 11) is -3.76. The number of rotatable bonds is 6. The van der Waals surface area contributed by atoms with Gasteiger partial charge in [-0.3, -0.25) is 4.79 Å². The lowest BCUT2D eigenvalue weighted by Crippen LogP contribution is -2.28. The minimum atomic E-state index is -3.76. The summed E-state index contributed by atoms with van der Waals surface area (Å²) in [6.07, 6.45) is 0. The van der Waals surface area contributed by atoms with E-state index < -0.39 is 28.5 Å². The number of sulfonamides is 1. The fraction of sp³-hybridized carbons (Fsp3) is 0.125. The summed E-state index contributed by atoms with van der Waals surface area (Å²) in [5.41, 5.74) is 0.784. The first kappa shape index (κ1) is 18.4. The van der Waals surface area contributed by atoms with E-state index in [1.807, 2.05) is 0 Å². The van der Waals surface area contributed by atoms with Crippen molar-refractivity contribution in [2.45, 2.75) is 11.4 Å². The molecular formula is C16H16N2O6S. The summed E-state index contributed by atoms with van der Waals surface area (Å²) < 4.78 is 27.1. The van der Waals surface area contributed by atoms with E-state index in [-0.39, 0.29) is 22.8 Å². The fourth-order valence-corrected chi connectivity index (χ4v) is 2.41. The molecule has 0 aliphatic carbocycles. The van der Waals surface area contributed by atoms with Crippen molar-refractivity contribution in [3.8, 4) is 5.75 Å². The molecule has 25 heavy (non-hydrogen) atoms. The maximum atomic E-state index is 11.7. The first-order valence-corrected chi connectivity index (χ1v) is 8.65. The van der Waals surface area contributed by atoms with Crippen molar-refractivity contribution < 1.29 is 27.9 Å². The number of phenolic OH excluding ortho intramolecular Hbond substituents is 1. The number of phenols is 1. The third-order valence-corrected chi connectivity index (χ3v) is 4.09. The van der Waals surface area contributed by atoms with Crippen LogP contribution >= 0.6 is 0 Å². The van der Waals surface area contributed by atoms with Gasteiger partial charge < -0.3 is 15.2 Å². The van der Waals surface area contributed by atoms with Crippen molar-refractivity contribution in [1.82, 2.24) is 5.32 Å². The van der Waals surface area contributed by atoms with E-state index in [2.05, 4.69) is 5.32 Å². The zero-order valence-corrected chi connectivity index (χ0v) is 13.8. The van der Waals surface area contributed by atoms with Crippen molar-refractivity contribution in [3.05, 3.63) is 59.7 Å². The Balaban J connectivity index is 1.82. The SMILES string of the molecule is NS(=O)(=O)c1ccc(CNC(=O)COC(=O)c2cccc(O)c2)cc1. The highest BCUT2D eigenvalue weighted by Gasteiger charge is 2.11. The fourth-order valence-electron chi connectivity index (χ4n) is 1.90. The number of benzene rings is 2. The third kappa shape index (κ3) is 5.59. The number of ether oxygens (including phenoxy) is 1. The highest BCUT2D eigenvalue weighted by molar-refractivity contribution is 7.89. The number of esters is 1. The van der Waals surface area contributed by atoms with Crippen molar-refractivity contribution in [3.63, 3.8) is 0 Å². The second-order valence-corrected chi connectivity index (χ2v) is 6.65. The average molecular weight is 364 g/mol. The zero-order chi connectivity index (χ0) is 18.4. The summed E-state index contributed by atoms with van der Waals surface area (Å²) >= 11 is 0. The minimum Gasteiger partial charge on any atom is -0.508 e. The molecule has 2 rings (SSSR count). The van der Waals surface area contributed by atoms with Crippen LogP contribution in [0.25, 0.3) is 0 Å². The van der Waals surface area contributed by atoms with Gasteiger partial charge in [-0.2, -0.15) is 0 Å². The quantitative estimate of drug-likeness (QED) is 0.639. The molecule has 2 aromatic carbocycles. The molecule has 0 aliphatic heterocycles. The van der Waals surface area contributed by atoms with Crippen LogP contribution in [0.4, 0.5) is 0 Å². The van der Waals surface area contributed by atoms with Crippen LogP contribution in [-0.2, 0) is 26.1 Å². The zero-order valence-electron chi connectivity index (χ0n) is 13.0. The Morgan fingerprint density at radius 2 is 1.80 bits per heavy atom. The molecule has 8 nitrogen and oxygen atoms in total. The molecule has 0 heterocycles. The number of carbonyl (C=O) groups excluding carboxylic acids is 2. The lowest BCUT2D eigenvalue weighted by atomic mass is 10.2. The summed E-state index contributed by atoms with van der Waals surface area (Å²) in [5.74, 6) is -1.34. The number of aromatic hydroxyl groups is 1. The third-order valence-electron chi connectivity index (χ3n) is 3.16. The number of hydrogen-bond acceptors (Lipinski definition) is 6. The predicted octanol–water partition coefficient (Wildman–Crippen LogP) is 0.513. The second-order valence-electron chi connectivity index (χ2n) is 5.09. The van der Waals surface area contributed by atoms with Gasteiger partial charge in [-0.15, -0.1) is 0 Å². The Kier molecular flexibility index (Phi) is 5.73. The molecule has 0 aromatic heterocycles. The van der Waals surface area contributed by atoms with Crippen molar-refractivity contribution in [2.24, 2.45) is 5.14 Å². The number of carbonyl (C=O) groups is 2. The molecule has 0 saturated heterocycles. The van der Waals surface area contributed by atoms with Gasteiger partial charge in [-0.05, 0) is 35.9 Å². The normalized spacial score (nSPS) is 10.9. The molecule has 0 unspecified atom stereocenters. The van der Waals surface area contributed by atoms with Crippen LogP contribution in [0, 0.1) is 0 Å². The molecule has 1 amide bonds. The summed E-state index contributed by atoms with van der Waals surface area (Å²) in [6.45, 7) is -0.350. The van der Waals surface area contributed by atoms with Gasteiger partial charge in [0.05, 0.1) is 10.5 Å². The Hall–Kier alpha value is -2.91. The van der Waals surface area contributed by atoms with Crippen molar-refractivity contribution in [2.75, 3.05) is 6.61 Å². The van der Waals surface area contributed by atoms with E-state index in [4.69, 9.17) is 9.88 Å². The summed E-state index contributed by atoms with van der Waals surface area (Å²) in [4.78, 5) is 23.4. The van der Waals surface area contributed by atoms with Gasteiger partial charge >= 0.3 is 5.97 Å². The Bertz CT molecular complexity index is 878. The van der Waals surface area contributed by atoms with E-state index in [1.54, 1.807) is 0 Å². The first-order chi connectivity index (χ1) is 11.8. The highest BCUT2D eigenvalue weighted by Crippen LogP contribution is 2.12.